The van der Waals surface area contributed by atoms with Gasteiger partial charge in [0.2, 0.25) is 6.17 Å². The summed E-state index contributed by atoms with van der Waals surface area (Å²) in [5.41, 5.74) is -2.81. The van der Waals surface area contributed by atoms with E-state index in [1.54, 1.807) is 0 Å². The van der Waals surface area contributed by atoms with E-state index in [-0.39, 0.29) is 0 Å². The first-order chi connectivity index (χ1) is 4.72. The molecular formula is C6H9F5. The highest BCUT2D eigenvalue weighted by Crippen LogP contribution is 2.35. The average Bonchev–Trinajstić information content (AvgIpc) is 1.84. The predicted molar refractivity (Wildman–Crippen MR) is 30.8 cm³/mol. The van der Waals surface area contributed by atoms with Crippen LogP contribution in [-0.4, -0.2) is 18.0 Å². The van der Waals surface area contributed by atoms with Crippen LogP contribution in [0.15, 0.2) is 0 Å². The van der Waals surface area contributed by atoms with Crippen molar-refractivity contribution in [2.24, 2.45) is 0 Å². The van der Waals surface area contributed by atoms with Gasteiger partial charge in [-0.05, 0) is 13.3 Å². The number of alkyl halides is 5. The maximum atomic E-state index is 12.6. The van der Waals surface area contributed by atoms with E-state index in [9.17, 15) is 22.0 Å². The maximum absolute atomic E-state index is 12.6. The standard InChI is InChI=1S/C6H9F5/c1-3-5(2,8)4(7)6(9,10)11/h4H,3H2,1-2H3. The minimum absolute atomic E-state index is 0.492. The Balaban J connectivity index is 4.35. The molecule has 0 aromatic heterocycles. The summed E-state index contributed by atoms with van der Waals surface area (Å²) in [6.07, 6.45) is -8.98. The molecule has 68 valence electrons. The summed E-state index contributed by atoms with van der Waals surface area (Å²) < 4.78 is 59.4. The zero-order chi connectivity index (χ0) is 9.28. The van der Waals surface area contributed by atoms with Gasteiger partial charge in [-0.1, -0.05) is 6.92 Å². The van der Waals surface area contributed by atoms with E-state index in [0.717, 1.165) is 0 Å². The number of hydrogen-bond donors (Lipinski definition) is 0. The Labute approximate surface area is 61.4 Å². The van der Waals surface area contributed by atoms with Crippen molar-refractivity contribution in [1.82, 2.24) is 0 Å². The minimum atomic E-state index is -5.10. The highest BCUT2D eigenvalue weighted by molar-refractivity contribution is 4.86. The molecule has 0 bridgehead atoms. The molecule has 0 spiro atoms. The number of halogens is 5. The SMILES string of the molecule is CCC(C)(F)C(F)C(F)(F)F. The monoisotopic (exact) mass is 176 g/mol. The summed E-state index contributed by atoms with van der Waals surface area (Å²) in [6.45, 7) is 1.77. The Kier molecular flexibility index (Phi) is 2.85. The van der Waals surface area contributed by atoms with Gasteiger partial charge in [0.1, 0.15) is 5.67 Å². The maximum Gasteiger partial charge on any atom is 0.422 e. The second-order valence-electron chi connectivity index (χ2n) is 2.54. The number of rotatable bonds is 2. The lowest BCUT2D eigenvalue weighted by Crippen LogP contribution is -2.42. The quantitative estimate of drug-likeness (QED) is 0.567. The molecule has 0 aliphatic rings. The van der Waals surface area contributed by atoms with Gasteiger partial charge in [-0.2, -0.15) is 13.2 Å². The molecule has 0 nitrogen and oxygen atoms in total. The molecule has 0 aromatic rings. The van der Waals surface area contributed by atoms with Crippen molar-refractivity contribution in [3.63, 3.8) is 0 Å². The lowest BCUT2D eigenvalue weighted by molar-refractivity contribution is -0.213. The van der Waals surface area contributed by atoms with Crippen molar-refractivity contribution in [3.8, 4) is 0 Å². The molecule has 0 amide bonds. The largest absolute Gasteiger partial charge is 0.422 e. The van der Waals surface area contributed by atoms with Gasteiger partial charge < -0.3 is 0 Å². The van der Waals surface area contributed by atoms with Crippen LogP contribution in [0.25, 0.3) is 0 Å². The van der Waals surface area contributed by atoms with Crippen LogP contribution >= 0.6 is 0 Å². The third-order valence-corrected chi connectivity index (χ3v) is 1.51. The van der Waals surface area contributed by atoms with Crippen molar-refractivity contribution in [2.75, 3.05) is 0 Å². The summed E-state index contributed by atoms with van der Waals surface area (Å²) in [5, 5.41) is 0. The summed E-state index contributed by atoms with van der Waals surface area (Å²) in [5.74, 6) is 0. The summed E-state index contributed by atoms with van der Waals surface area (Å²) in [7, 11) is 0. The molecule has 5 heteroatoms. The second kappa shape index (κ2) is 2.95. The Morgan fingerprint density at radius 3 is 1.64 bits per heavy atom. The number of hydrogen-bond acceptors (Lipinski definition) is 0. The normalized spacial score (nSPS) is 21.0. The molecule has 2 unspecified atom stereocenters. The average molecular weight is 176 g/mol. The summed E-state index contributed by atoms with van der Waals surface area (Å²) in [6, 6.07) is 0. The van der Waals surface area contributed by atoms with E-state index < -0.39 is 24.4 Å². The zero-order valence-electron chi connectivity index (χ0n) is 6.17. The first-order valence-electron chi connectivity index (χ1n) is 3.11. The van der Waals surface area contributed by atoms with Gasteiger partial charge in [0.25, 0.3) is 0 Å². The first-order valence-corrected chi connectivity index (χ1v) is 3.11. The van der Waals surface area contributed by atoms with Gasteiger partial charge in [-0.25, -0.2) is 8.78 Å². The van der Waals surface area contributed by atoms with Crippen LogP contribution < -0.4 is 0 Å². The molecule has 2 atom stereocenters. The van der Waals surface area contributed by atoms with Gasteiger partial charge in [-0.15, -0.1) is 0 Å². The van der Waals surface area contributed by atoms with Crippen molar-refractivity contribution >= 4 is 0 Å². The van der Waals surface area contributed by atoms with Crippen LogP contribution in [0, 0.1) is 0 Å². The van der Waals surface area contributed by atoms with Gasteiger partial charge in [0.15, 0.2) is 0 Å². The van der Waals surface area contributed by atoms with E-state index in [0.29, 0.717) is 6.92 Å². The van der Waals surface area contributed by atoms with E-state index in [4.69, 9.17) is 0 Å². The van der Waals surface area contributed by atoms with Crippen LogP contribution in [0.4, 0.5) is 22.0 Å². The third kappa shape index (κ3) is 2.63. The summed E-state index contributed by atoms with van der Waals surface area (Å²) in [4.78, 5) is 0. The molecule has 11 heavy (non-hydrogen) atoms. The molecule has 0 aromatic carbocycles. The molecule has 0 saturated carbocycles. The molecule has 0 saturated heterocycles. The van der Waals surface area contributed by atoms with E-state index in [2.05, 4.69) is 0 Å². The first kappa shape index (κ1) is 10.7. The predicted octanol–water partition coefficient (Wildman–Crippen LogP) is 3.03. The van der Waals surface area contributed by atoms with Crippen molar-refractivity contribution in [2.45, 2.75) is 38.3 Å². The highest BCUT2D eigenvalue weighted by atomic mass is 19.4. The Bertz CT molecular complexity index is 125. The van der Waals surface area contributed by atoms with Gasteiger partial charge >= 0.3 is 6.18 Å². The van der Waals surface area contributed by atoms with Crippen LogP contribution in [-0.2, 0) is 0 Å². The van der Waals surface area contributed by atoms with Crippen molar-refractivity contribution < 1.29 is 22.0 Å². The zero-order valence-corrected chi connectivity index (χ0v) is 6.17. The van der Waals surface area contributed by atoms with Crippen LogP contribution in [0.5, 0.6) is 0 Å². The van der Waals surface area contributed by atoms with Gasteiger partial charge in [0, 0.05) is 0 Å². The van der Waals surface area contributed by atoms with Crippen LogP contribution in [0.3, 0.4) is 0 Å². The topological polar surface area (TPSA) is 0 Å². The third-order valence-electron chi connectivity index (χ3n) is 1.51. The van der Waals surface area contributed by atoms with Gasteiger partial charge in [-0.3, -0.25) is 0 Å². The van der Waals surface area contributed by atoms with Gasteiger partial charge in [0.05, 0.1) is 0 Å². The lowest BCUT2D eigenvalue weighted by atomic mass is 9.99. The molecule has 0 aliphatic heterocycles. The molecule has 0 heterocycles. The fourth-order valence-corrected chi connectivity index (χ4v) is 0.520. The van der Waals surface area contributed by atoms with Crippen LogP contribution in [0.2, 0.25) is 0 Å². The fourth-order valence-electron chi connectivity index (χ4n) is 0.520. The minimum Gasteiger partial charge on any atom is -0.241 e. The fraction of sp³-hybridized carbons (Fsp3) is 1.00. The van der Waals surface area contributed by atoms with E-state index in [1.165, 1.54) is 6.92 Å². The summed E-state index contributed by atoms with van der Waals surface area (Å²) >= 11 is 0. The van der Waals surface area contributed by atoms with E-state index >= 15 is 0 Å². The van der Waals surface area contributed by atoms with Crippen LogP contribution in [0.1, 0.15) is 20.3 Å². The smallest absolute Gasteiger partial charge is 0.241 e. The molecule has 0 radical (unpaired) electrons. The van der Waals surface area contributed by atoms with E-state index in [1.807, 2.05) is 0 Å². The second-order valence-corrected chi connectivity index (χ2v) is 2.54. The van der Waals surface area contributed by atoms with Crippen molar-refractivity contribution in [3.05, 3.63) is 0 Å². The molecule has 0 N–H and O–H groups in total. The van der Waals surface area contributed by atoms with Crippen molar-refractivity contribution in [1.29, 1.82) is 0 Å². The molecule has 0 rings (SSSR count). The molecular weight excluding hydrogens is 167 g/mol. The Hall–Kier alpha value is -0.350. The Morgan fingerprint density at radius 1 is 1.18 bits per heavy atom. The molecule has 0 aliphatic carbocycles. The Morgan fingerprint density at radius 2 is 1.55 bits per heavy atom. The highest BCUT2D eigenvalue weighted by Gasteiger charge is 2.51. The lowest BCUT2D eigenvalue weighted by Gasteiger charge is -2.24. The molecule has 0 fully saturated rings.